The second kappa shape index (κ2) is 9.40. The topological polar surface area (TPSA) is 53.4 Å². The van der Waals surface area contributed by atoms with E-state index in [1.807, 2.05) is 17.9 Å². The minimum Gasteiger partial charge on any atom is -0.340 e. The standard InChI is InChI=1S/C18H29N5O.2ClH/c1-21-13-14(10-20-21)16-11-19-12-17(16)18(24)23-8-6-22(7-9-23)15-4-2-3-5-15;;/h10,13,15-17,19H,2-9,11-12H2,1H3;2*1H/t16-,17+;;/m1../s1. The molecule has 3 heterocycles. The number of piperazine rings is 1. The molecule has 2 atom stereocenters. The third-order valence-corrected chi connectivity index (χ3v) is 6.15. The van der Waals surface area contributed by atoms with Crippen LogP contribution in [0.4, 0.5) is 0 Å². The van der Waals surface area contributed by atoms with Crippen LogP contribution in [-0.2, 0) is 11.8 Å². The smallest absolute Gasteiger partial charge is 0.227 e. The molecule has 6 nitrogen and oxygen atoms in total. The number of carbonyl (C=O) groups excluding carboxylic acids is 1. The molecule has 0 unspecified atom stereocenters. The van der Waals surface area contributed by atoms with Crippen molar-refractivity contribution < 1.29 is 4.79 Å². The summed E-state index contributed by atoms with van der Waals surface area (Å²) in [6.07, 6.45) is 9.42. The van der Waals surface area contributed by atoms with Crippen molar-refractivity contribution in [1.29, 1.82) is 0 Å². The van der Waals surface area contributed by atoms with Crippen molar-refractivity contribution in [1.82, 2.24) is 24.9 Å². The largest absolute Gasteiger partial charge is 0.340 e. The van der Waals surface area contributed by atoms with Crippen LogP contribution in [0.1, 0.15) is 37.2 Å². The summed E-state index contributed by atoms with van der Waals surface area (Å²) in [6, 6.07) is 0.776. The molecule has 3 aliphatic rings. The first kappa shape index (κ1) is 21.5. The summed E-state index contributed by atoms with van der Waals surface area (Å²) in [5.74, 6) is 0.659. The second-order valence-corrected chi connectivity index (χ2v) is 7.62. The molecule has 0 radical (unpaired) electrons. The summed E-state index contributed by atoms with van der Waals surface area (Å²) in [4.78, 5) is 17.8. The SMILES string of the molecule is Cl.Cl.Cn1cc([C@H]2CNC[C@@H]2C(=O)N2CCN(C3CCCC3)CC2)cn1. The first-order valence-corrected chi connectivity index (χ1v) is 9.44. The number of aryl methyl sites for hydroxylation is 1. The van der Waals surface area contributed by atoms with Crippen LogP contribution in [0.5, 0.6) is 0 Å². The van der Waals surface area contributed by atoms with Gasteiger partial charge in [0.15, 0.2) is 0 Å². The van der Waals surface area contributed by atoms with E-state index in [-0.39, 0.29) is 36.6 Å². The van der Waals surface area contributed by atoms with Gasteiger partial charge in [-0.1, -0.05) is 12.8 Å². The Morgan fingerprint density at radius 2 is 1.81 bits per heavy atom. The molecule has 26 heavy (non-hydrogen) atoms. The number of aromatic nitrogens is 2. The minimum absolute atomic E-state index is 0. The average Bonchev–Trinajstić information content (AvgIpc) is 3.35. The highest BCUT2D eigenvalue weighted by atomic mass is 35.5. The van der Waals surface area contributed by atoms with Crippen LogP contribution in [-0.4, -0.2) is 70.8 Å². The lowest BCUT2D eigenvalue weighted by Gasteiger charge is -2.39. The van der Waals surface area contributed by atoms with Crippen molar-refractivity contribution in [3.05, 3.63) is 18.0 Å². The fourth-order valence-corrected chi connectivity index (χ4v) is 4.73. The molecule has 1 N–H and O–H groups in total. The van der Waals surface area contributed by atoms with Crippen LogP contribution in [0.3, 0.4) is 0 Å². The van der Waals surface area contributed by atoms with Gasteiger partial charge < -0.3 is 10.2 Å². The van der Waals surface area contributed by atoms with E-state index in [1.165, 1.54) is 31.2 Å². The number of halogens is 2. The Bertz CT molecular complexity index is 582. The van der Waals surface area contributed by atoms with E-state index in [0.717, 1.165) is 45.3 Å². The zero-order valence-electron chi connectivity index (χ0n) is 15.5. The van der Waals surface area contributed by atoms with Crippen LogP contribution < -0.4 is 5.32 Å². The van der Waals surface area contributed by atoms with E-state index in [4.69, 9.17) is 0 Å². The third-order valence-electron chi connectivity index (χ3n) is 6.15. The number of amides is 1. The molecule has 1 aromatic rings. The zero-order chi connectivity index (χ0) is 16.5. The van der Waals surface area contributed by atoms with Crippen molar-refractivity contribution >= 4 is 30.7 Å². The van der Waals surface area contributed by atoms with Gasteiger partial charge in [0, 0.05) is 64.5 Å². The molecule has 1 aliphatic carbocycles. The van der Waals surface area contributed by atoms with Crippen molar-refractivity contribution in [3.8, 4) is 0 Å². The summed E-state index contributed by atoms with van der Waals surface area (Å²) >= 11 is 0. The molecule has 148 valence electrons. The van der Waals surface area contributed by atoms with Crippen LogP contribution in [0.15, 0.2) is 12.4 Å². The Hall–Kier alpha value is -0.820. The van der Waals surface area contributed by atoms with Crippen molar-refractivity contribution in [2.24, 2.45) is 13.0 Å². The van der Waals surface area contributed by atoms with E-state index in [0.29, 0.717) is 5.91 Å². The second-order valence-electron chi connectivity index (χ2n) is 7.62. The quantitative estimate of drug-likeness (QED) is 0.833. The van der Waals surface area contributed by atoms with E-state index < -0.39 is 0 Å². The van der Waals surface area contributed by atoms with Crippen LogP contribution in [0.2, 0.25) is 0 Å². The Morgan fingerprint density at radius 1 is 1.12 bits per heavy atom. The lowest BCUT2D eigenvalue weighted by atomic mass is 9.89. The first-order valence-electron chi connectivity index (χ1n) is 9.44. The van der Waals surface area contributed by atoms with Crippen molar-refractivity contribution in [2.75, 3.05) is 39.3 Å². The maximum Gasteiger partial charge on any atom is 0.227 e. The van der Waals surface area contributed by atoms with Crippen LogP contribution >= 0.6 is 24.8 Å². The Morgan fingerprint density at radius 3 is 2.42 bits per heavy atom. The third kappa shape index (κ3) is 4.35. The molecule has 2 saturated heterocycles. The maximum atomic E-state index is 13.1. The number of nitrogens with zero attached hydrogens (tertiary/aromatic N) is 4. The molecule has 1 saturated carbocycles. The van der Waals surface area contributed by atoms with Gasteiger partial charge in [-0.2, -0.15) is 5.10 Å². The van der Waals surface area contributed by atoms with Crippen LogP contribution in [0, 0.1) is 5.92 Å². The Kier molecular flexibility index (Phi) is 7.76. The molecular weight excluding hydrogens is 373 g/mol. The highest BCUT2D eigenvalue weighted by molar-refractivity contribution is 5.85. The number of nitrogens with one attached hydrogen (secondary N) is 1. The summed E-state index contributed by atoms with van der Waals surface area (Å²) in [5, 5.41) is 7.69. The van der Waals surface area contributed by atoms with Gasteiger partial charge in [0.1, 0.15) is 0 Å². The highest BCUT2D eigenvalue weighted by Gasteiger charge is 2.38. The van der Waals surface area contributed by atoms with Gasteiger partial charge in [0.05, 0.1) is 12.1 Å². The first-order chi connectivity index (χ1) is 11.7. The van der Waals surface area contributed by atoms with E-state index in [2.05, 4.69) is 26.4 Å². The summed E-state index contributed by atoms with van der Waals surface area (Å²) in [6.45, 7) is 5.56. The molecule has 2 aliphatic heterocycles. The lowest BCUT2D eigenvalue weighted by molar-refractivity contribution is -0.137. The van der Waals surface area contributed by atoms with Crippen molar-refractivity contribution in [2.45, 2.75) is 37.6 Å². The molecule has 0 aromatic carbocycles. The predicted molar refractivity (Wildman–Crippen MR) is 107 cm³/mol. The molecule has 1 amide bonds. The fraction of sp³-hybridized carbons (Fsp3) is 0.778. The molecule has 8 heteroatoms. The number of hydrogen-bond acceptors (Lipinski definition) is 4. The normalized spacial score (nSPS) is 27.2. The van der Waals surface area contributed by atoms with Gasteiger partial charge in [0.25, 0.3) is 0 Å². The van der Waals surface area contributed by atoms with Gasteiger partial charge in [-0.25, -0.2) is 0 Å². The lowest BCUT2D eigenvalue weighted by Crippen LogP contribution is -2.53. The number of hydrogen-bond donors (Lipinski definition) is 1. The molecule has 0 spiro atoms. The zero-order valence-corrected chi connectivity index (χ0v) is 17.1. The van der Waals surface area contributed by atoms with Gasteiger partial charge in [0.2, 0.25) is 5.91 Å². The molecule has 0 bridgehead atoms. The highest BCUT2D eigenvalue weighted by Crippen LogP contribution is 2.30. The minimum atomic E-state index is 0. The summed E-state index contributed by atoms with van der Waals surface area (Å²) in [7, 11) is 1.94. The van der Waals surface area contributed by atoms with Crippen molar-refractivity contribution in [3.63, 3.8) is 0 Å². The van der Waals surface area contributed by atoms with E-state index in [9.17, 15) is 4.79 Å². The van der Waals surface area contributed by atoms with E-state index >= 15 is 0 Å². The van der Waals surface area contributed by atoms with E-state index in [1.54, 1.807) is 0 Å². The van der Waals surface area contributed by atoms with Gasteiger partial charge in [-0.05, 0) is 18.4 Å². The Balaban J connectivity index is 0.00000121. The summed E-state index contributed by atoms with van der Waals surface area (Å²) < 4.78 is 1.83. The molecule has 4 rings (SSSR count). The average molecular weight is 404 g/mol. The predicted octanol–water partition coefficient (Wildman–Crippen LogP) is 1.65. The molecule has 3 fully saturated rings. The number of carbonyl (C=O) groups is 1. The maximum absolute atomic E-state index is 13.1. The van der Waals surface area contributed by atoms with Gasteiger partial charge >= 0.3 is 0 Å². The van der Waals surface area contributed by atoms with Crippen LogP contribution in [0.25, 0.3) is 0 Å². The number of rotatable bonds is 3. The Labute approximate surface area is 168 Å². The fourth-order valence-electron chi connectivity index (χ4n) is 4.73. The monoisotopic (exact) mass is 403 g/mol. The van der Waals surface area contributed by atoms with Gasteiger partial charge in [-0.15, -0.1) is 24.8 Å². The summed E-state index contributed by atoms with van der Waals surface area (Å²) in [5.41, 5.74) is 1.19. The molecule has 1 aromatic heterocycles. The van der Waals surface area contributed by atoms with Gasteiger partial charge in [-0.3, -0.25) is 14.4 Å². The molecular formula is C18H31Cl2N5O.